The molecule has 0 heterocycles. The summed E-state index contributed by atoms with van der Waals surface area (Å²) in [5.74, 6) is 0.0452. The molecule has 1 aromatic rings. The summed E-state index contributed by atoms with van der Waals surface area (Å²) in [6.45, 7) is 6.28. The fourth-order valence-electron chi connectivity index (χ4n) is 1.55. The number of nitrogens with one attached hydrogen (secondary N) is 2. The minimum absolute atomic E-state index is 0.0452. The Kier molecular flexibility index (Phi) is 6.06. The van der Waals surface area contributed by atoms with Crippen molar-refractivity contribution in [3.63, 3.8) is 0 Å². The molecule has 1 atom stereocenters. The zero-order valence-corrected chi connectivity index (χ0v) is 11.8. The zero-order valence-electron chi connectivity index (χ0n) is 11.8. The van der Waals surface area contributed by atoms with E-state index in [4.69, 9.17) is 0 Å². The number of carbonyl (C=O) groups is 2. The second-order valence-corrected chi connectivity index (χ2v) is 4.75. The van der Waals surface area contributed by atoms with Crippen LogP contribution in [-0.2, 0) is 0 Å². The van der Waals surface area contributed by atoms with E-state index in [-0.39, 0.29) is 17.9 Å². The number of hydrogen-bond acceptors (Lipinski definition) is 2. The third kappa shape index (κ3) is 5.55. The fraction of sp³-hybridized carbons (Fsp3) is 0.467. The minimum atomic E-state index is -0.217. The van der Waals surface area contributed by atoms with E-state index < -0.39 is 0 Å². The van der Waals surface area contributed by atoms with Gasteiger partial charge in [-0.25, -0.2) is 4.79 Å². The second-order valence-electron chi connectivity index (χ2n) is 4.75. The average Bonchev–Trinajstić information content (AvgIpc) is 2.39. The summed E-state index contributed by atoms with van der Waals surface area (Å²) < 4.78 is 0. The lowest BCUT2D eigenvalue weighted by atomic mass is 10.1. The van der Waals surface area contributed by atoms with Crippen molar-refractivity contribution in [3.05, 3.63) is 35.4 Å². The number of amides is 2. The van der Waals surface area contributed by atoms with Crippen LogP contribution < -0.4 is 10.6 Å². The molecule has 1 rings (SSSR count). The van der Waals surface area contributed by atoms with Crippen LogP contribution in [0, 0.1) is 6.92 Å². The molecule has 0 saturated heterocycles. The normalized spacial score (nSPS) is 11.7. The second kappa shape index (κ2) is 7.56. The van der Waals surface area contributed by atoms with Crippen molar-refractivity contribution < 1.29 is 9.59 Å². The highest BCUT2D eigenvalue weighted by Crippen LogP contribution is 2.05. The van der Waals surface area contributed by atoms with Crippen LogP contribution in [0.15, 0.2) is 24.3 Å². The van der Waals surface area contributed by atoms with Gasteiger partial charge in [0.25, 0.3) is 0 Å². The molecule has 0 radical (unpaired) electrons. The number of benzene rings is 1. The van der Waals surface area contributed by atoms with Gasteiger partial charge >= 0.3 is 6.03 Å². The third-order valence-corrected chi connectivity index (χ3v) is 3.00. The number of rotatable bonds is 6. The molecule has 19 heavy (non-hydrogen) atoms. The number of ketones is 1. The van der Waals surface area contributed by atoms with Crippen molar-refractivity contribution in [1.82, 2.24) is 10.6 Å². The van der Waals surface area contributed by atoms with Crippen LogP contribution >= 0.6 is 0 Å². The summed E-state index contributed by atoms with van der Waals surface area (Å²) in [4.78, 5) is 23.3. The first-order valence-corrected chi connectivity index (χ1v) is 6.67. The van der Waals surface area contributed by atoms with E-state index in [0.717, 1.165) is 12.0 Å². The molecule has 2 N–H and O–H groups in total. The van der Waals surface area contributed by atoms with Crippen LogP contribution in [0.5, 0.6) is 0 Å². The number of Topliss-reactive ketones (excluding diaryl/α,β-unsaturated/α-hetero) is 1. The Morgan fingerprint density at radius 3 is 2.42 bits per heavy atom. The van der Waals surface area contributed by atoms with Gasteiger partial charge in [-0.05, 0) is 20.3 Å². The molecule has 2 amide bonds. The first kappa shape index (κ1) is 15.2. The van der Waals surface area contributed by atoms with Gasteiger partial charge in [0.2, 0.25) is 0 Å². The smallest absolute Gasteiger partial charge is 0.315 e. The maximum Gasteiger partial charge on any atom is 0.315 e. The highest BCUT2D eigenvalue weighted by atomic mass is 16.2. The van der Waals surface area contributed by atoms with Crippen molar-refractivity contribution in [2.45, 2.75) is 39.7 Å². The van der Waals surface area contributed by atoms with Gasteiger partial charge in [-0.2, -0.15) is 0 Å². The van der Waals surface area contributed by atoms with Gasteiger partial charge in [0.05, 0.1) is 0 Å². The van der Waals surface area contributed by atoms with Gasteiger partial charge in [0.1, 0.15) is 0 Å². The molecular formula is C15H22N2O2. The molecule has 4 nitrogen and oxygen atoms in total. The molecule has 0 aliphatic rings. The van der Waals surface area contributed by atoms with Crippen molar-refractivity contribution in [1.29, 1.82) is 0 Å². The predicted octanol–water partition coefficient (Wildman–Crippen LogP) is 2.67. The first-order valence-electron chi connectivity index (χ1n) is 6.67. The van der Waals surface area contributed by atoms with Crippen LogP contribution in [0.3, 0.4) is 0 Å². The Balaban J connectivity index is 2.31. The number of carbonyl (C=O) groups excluding carboxylic acids is 2. The van der Waals surface area contributed by atoms with Gasteiger partial charge in [0.15, 0.2) is 5.78 Å². The molecule has 104 valence electrons. The molecule has 1 unspecified atom stereocenters. The first-order chi connectivity index (χ1) is 9.02. The van der Waals surface area contributed by atoms with E-state index in [9.17, 15) is 9.59 Å². The van der Waals surface area contributed by atoms with Crippen molar-refractivity contribution in [2.24, 2.45) is 0 Å². The largest absolute Gasteiger partial charge is 0.338 e. The van der Waals surface area contributed by atoms with Crippen molar-refractivity contribution in [2.75, 3.05) is 6.54 Å². The van der Waals surface area contributed by atoms with E-state index in [1.807, 2.05) is 45.0 Å². The fourth-order valence-corrected chi connectivity index (χ4v) is 1.55. The quantitative estimate of drug-likeness (QED) is 0.774. The van der Waals surface area contributed by atoms with Crippen LogP contribution in [-0.4, -0.2) is 24.4 Å². The molecule has 0 fully saturated rings. The highest BCUT2D eigenvalue weighted by Gasteiger charge is 2.07. The summed E-state index contributed by atoms with van der Waals surface area (Å²) in [6, 6.07) is 7.39. The number of urea groups is 1. The lowest BCUT2D eigenvalue weighted by molar-refractivity contribution is 0.0983. The molecule has 0 bridgehead atoms. The Morgan fingerprint density at radius 2 is 1.84 bits per heavy atom. The van der Waals surface area contributed by atoms with Crippen molar-refractivity contribution >= 4 is 11.8 Å². The van der Waals surface area contributed by atoms with Gasteiger partial charge in [-0.1, -0.05) is 36.8 Å². The van der Waals surface area contributed by atoms with E-state index in [1.54, 1.807) is 0 Å². The molecule has 0 aliphatic heterocycles. The summed E-state index contributed by atoms with van der Waals surface area (Å²) in [5.41, 5.74) is 1.82. The van der Waals surface area contributed by atoms with E-state index >= 15 is 0 Å². The lowest BCUT2D eigenvalue weighted by Crippen LogP contribution is -2.41. The third-order valence-electron chi connectivity index (χ3n) is 3.00. The number of aryl methyl sites for hydroxylation is 1. The van der Waals surface area contributed by atoms with E-state index in [0.29, 0.717) is 18.5 Å². The molecule has 1 aromatic carbocycles. The van der Waals surface area contributed by atoms with Crippen LogP contribution in [0.2, 0.25) is 0 Å². The standard InChI is InChI=1S/C15H22N2O2/c1-4-12(3)17-15(19)16-10-9-14(18)13-7-5-11(2)6-8-13/h5-8,12H,4,9-10H2,1-3H3,(H2,16,17,19). The summed E-state index contributed by atoms with van der Waals surface area (Å²) >= 11 is 0. The Bertz CT molecular complexity index is 426. The summed E-state index contributed by atoms with van der Waals surface area (Å²) in [5, 5.41) is 5.48. The topological polar surface area (TPSA) is 58.2 Å². The van der Waals surface area contributed by atoms with Gasteiger partial charge in [-0.15, -0.1) is 0 Å². The maximum atomic E-state index is 11.8. The summed E-state index contributed by atoms with van der Waals surface area (Å²) in [6.07, 6.45) is 1.20. The van der Waals surface area contributed by atoms with Crippen LogP contribution in [0.4, 0.5) is 4.79 Å². The minimum Gasteiger partial charge on any atom is -0.338 e. The van der Waals surface area contributed by atoms with E-state index in [2.05, 4.69) is 10.6 Å². The van der Waals surface area contributed by atoms with Crippen LogP contribution in [0.1, 0.15) is 42.6 Å². The molecule has 0 spiro atoms. The Morgan fingerprint density at radius 1 is 1.21 bits per heavy atom. The van der Waals surface area contributed by atoms with Gasteiger partial charge in [0, 0.05) is 24.6 Å². The van der Waals surface area contributed by atoms with Gasteiger partial charge in [-0.3, -0.25) is 4.79 Å². The van der Waals surface area contributed by atoms with Crippen LogP contribution in [0.25, 0.3) is 0 Å². The lowest BCUT2D eigenvalue weighted by Gasteiger charge is -2.12. The Hall–Kier alpha value is -1.84. The maximum absolute atomic E-state index is 11.8. The zero-order chi connectivity index (χ0) is 14.3. The van der Waals surface area contributed by atoms with Gasteiger partial charge < -0.3 is 10.6 Å². The molecule has 0 aromatic heterocycles. The molecule has 0 saturated carbocycles. The average molecular weight is 262 g/mol. The number of hydrogen-bond donors (Lipinski definition) is 2. The SMILES string of the molecule is CCC(C)NC(=O)NCCC(=O)c1ccc(C)cc1. The molecule has 4 heteroatoms. The molecular weight excluding hydrogens is 240 g/mol. The molecule has 0 aliphatic carbocycles. The summed E-state index contributed by atoms with van der Waals surface area (Å²) in [7, 11) is 0. The highest BCUT2D eigenvalue weighted by molar-refractivity contribution is 5.96. The predicted molar refractivity (Wildman–Crippen MR) is 76.4 cm³/mol. The van der Waals surface area contributed by atoms with Crippen molar-refractivity contribution in [3.8, 4) is 0 Å². The van der Waals surface area contributed by atoms with E-state index in [1.165, 1.54) is 0 Å². The monoisotopic (exact) mass is 262 g/mol. The Labute approximate surface area is 114 Å².